The Kier molecular flexibility index (Phi) is 43.2. The van der Waals surface area contributed by atoms with Gasteiger partial charge in [0.25, 0.3) is 0 Å². The SMILES string of the molecule is CCCCC/C=C\C/C=C\C/C=C\C/C=C\CCCCCC(=O)OC(CCCCCCCCCC)CC(=O)NC(CO)C(O)CCCCCCCCCCCCC. The van der Waals surface area contributed by atoms with Gasteiger partial charge in [0.15, 0.2) is 0 Å². The highest BCUT2D eigenvalue weighted by atomic mass is 16.5. The number of amides is 1. The summed E-state index contributed by atoms with van der Waals surface area (Å²) in [4.78, 5) is 26.0. The Bertz CT molecular complexity index is 988. The maximum atomic E-state index is 13.1. The highest BCUT2D eigenvalue weighted by molar-refractivity contribution is 5.77. The number of carbonyl (C=O) groups is 2. The summed E-state index contributed by atoms with van der Waals surface area (Å²) in [5.74, 6) is -0.510. The third kappa shape index (κ3) is 40.4. The first-order valence-corrected chi connectivity index (χ1v) is 24.4. The van der Waals surface area contributed by atoms with E-state index in [9.17, 15) is 19.8 Å². The van der Waals surface area contributed by atoms with Crippen LogP contribution in [0.2, 0.25) is 0 Å². The molecule has 1 amide bonds. The Morgan fingerprint density at radius 1 is 0.509 bits per heavy atom. The van der Waals surface area contributed by atoms with Gasteiger partial charge >= 0.3 is 5.97 Å². The largest absolute Gasteiger partial charge is 0.462 e. The van der Waals surface area contributed by atoms with Crippen LogP contribution in [-0.4, -0.2) is 46.9 Å². The number of unbranched alkanes of at least 4 members (excludes halogenated alkanes) is 23. The van der Waals surface area contributed by atoms with Crippen molar-refractivity contribution >= 4 is 11.9 Å². The molecule has 0 radical (unpaired) electrons. The first-order valence-electron chi connectivity index (χ1n) is 24.4. The number of esters is 1. The van der Waals surface area contributed by atoms with Crippen molar-refractivity contribution in [1.29, 1.82) is 0 Å². The Morgan fingerprint density at radius 3 is 1.37 bits per heavy atom. The lowest BCUT2D eigenvalue weighted by atomic mass is 10.0. The van der Waals surface area contributed by atoms with Gasteiger partial charge in [-0.1, -0.05) is 204 Å². The van der Waals surface area contributed by atoms with Gasteiger partial charge < -0.3 is 20.3 Å². The standard InChI is InChI=1S/C51H93NO5/c1-4-7-10-13-16-19-21-22-23-24-25-26-27-28-30-32-35-38-41-44-51(56)57-47(42-39-36-33-18-15-12-9-6-3)45-50(55)52-48(46-53)49(54)43-40-37-34-31-29-20-17-14-11-8-5-2/h16,19,22-23,25-26,28,30,47-49,53-54H,4-15,17-18,20-21,24,27,29,31-46H2,1-3H3,(H,52,55)/b19-16-,23-22-,26-25-,30-28-. The van der Waals surface area contributed by atoms with Crippen molar-refractivity contribution in [2.75, 3.05) is 6.61 Å². The molecule has 0 aromatic heterocycles. The van der Waals surface area contributed by atoms with E-state index in [1.807, 2.05) is 0 Å². The van der Waals surface area contributed by atoms with Crippen molar-refractivity contribution in [3.8, 4) is 0 Å². The number of aliphatic hydroxyl groups is 2. The van der Waals surface area contributed by atoms with E-state index in [0.717, 1.165) is 83.5 Å². The van der Waals surface area contributed by atoms with Crippen molar-refractivity contribution in [1.82, 2.24) is 5.32 Å². The fraction of sp³-hybridized carbons (Fsp3) is 0.804. The molecular weight excluding hydrogens is 707 g/mol. The topological polar surface area (TPSA) is 95.9 Å². The molecule has 6 heteroatoms. The fourth-order valence-electron chi connectivity index (χ4n) is 7.18. The van der Waals surface area contributed by atoms with E-state index in [1.54, 1.807) is 0 Å². The number of aliphatic hydroxyl groups excluding tert-OH is 2. The van der Waals surface area contributed by atoms with Gasteiger partial charge in [-0.3, -0.25) is 9.59 Å². The van der Waals surface area contributed by atoms with Gasteiger partial charge in [0.05, 0.1) is 25.2 Å². The summed E-state index contributed by atoms with van der Waals surface area (Å²) in [6, 6.07) is -0.704. The zero-order valence-corrected chi connectivity index (χ0v) is 37.7. The second-order valence-corrected chi connectivity index (χ2v) is 16.5. The van der Waals surface area contributed by atoms with Crippen LogP contribution < -0.4 is 5.32 Å². The van der Waals surface area contributed by atoms with E-state index in [2.05, 4.69) is 74.7 Å². The number of nitrogens with one attached hydrogen (secondary N) is 1. The summed E-state index contributed by atoms with van der Waals surface area (Å²) in [6.45, 7) is 6.41. The number of rotatable bonds is 43. The molecule has 57 heavy (non-hydrogen) atoms. The lowest BCUT2D eigenvalue weighted by Crippen LogP contribution is -2.46. The first-order chi connectivity index (χ1) is 28.0. The zero-order valence-electron chi connectivity index (χ0n) is 37.7. The normalized spacial score (nSPS) is 13.7. The minimum absolute atomic E-state index is 0.0654. The predicted molar refractivity (Wildman–Crippen MR) is 245 cm³/mol. The quantitative estimate of drug-likeness (QED) is 0.0324. The van der Waals surface area contributed by atoms with Crippen molar-refractivity contribution in [3.05, 3.63) is 48.6 Å². The Balaban J connectivity index is 4.49. The van der Waals surface area contributed by atoms with Crippen LogP contribution in [0.15, 0.2) is 48.6 Å². The monoisotopic (exact) mass is 800 g/mol. The lowest BCUT2D eigenvalue weighted by molar-refractivity contribution is -0.151. The molecule has 0 spiro atoms. The molecule has 0 saturated heterocycles. The average Bonchev–Trinajstić information content (AvgIpc) is 3.20. The highest BCUT2D eigenvalue weighted by Gasteiger charge is 2.24. The molecule has 0 aromatic carbocycles. The Hall–Kier alpha value is -2.18. The van der Waals surface area contributed by atoms with Crippen LogP contribution in [0.25, 0.3) is 0 Å². The van der Waals surface area contributed by atoms with Crippen LogP contribution in [0, 0.1) is 0 Å². The van der Waals surface area contributed by atoms with Crippen molar-refractivity contribution in [2.24, 2.45) is 0 Å². The molecule has 0 heterocycles. The van der Waals surface area contributed by atoms with E-state index < -0.39 is 18.2 Å². The summed E-state index contributed by atoms with van der Waals surface area (Å²) in [5.41, 5.74) is 0. The summed E-state index contributed by atoms with van der Waals surface area (Å²) < 4.78 is 5.88. The molecule has 3 N–H and O–H groups in total. The van der Waals surface area contributed by atoms with Gasteiger partial charge in [0.1, 0.15) is 6.10 Å². The number of hydrogen-bond donors (Lipinski definition) is 3. The van der Waals surface area contributed by atoms with Gasteiger partial charge in [-0.2, -0.15) is 0 Å². The van der Waals surface area contributed by atoms with E-state index in [1.165, 1.54) is 109 Å². The Morgan fingerprint density at radius 2 is 0.895 bits per heavy atom. The van der Waals surface area contributed by atoms with Crippen molar-refractivity contribution < 1.29 is 24.5 Å². The molecule has 0 rings (SSSR count). The molecule has 3 atom stereocenters. The molecule has 6 nitrogen and oxygen atoms in total. The third-order valence-electron chi connectivity index (χ3n) is 10.9. The highest BCUT2D eigenvalue weighted by Crippen LogP contribution is 2.17. The fourth-order valence-corrected chi connectivity index (χ4v) is 7.18. The van der Waals surface area contributed by atoms with Crippen LogP contribution in [0.5, 0.6) is 0 Å². The number of ether oxygens (including phenoxy) is 1. The Labute approximate surface area is 353 Å². The van der Waals surface area contributed by atoms with Gasteiger partial charge in [-0.05, 0) is 70.6 Å². The van der Waals surface area contributed by atoms with E-state index >= 15 is 0 Å². The van der Waals surface area contributed by atoms with E-state index in [-0.39, 0.29) is 24.9 Å². The smallest absolute Gasteiger partial charge is 0.306 e. The summed E-state index contributed by atoms with van der Waals surface area (Å²) >= 11 is 0. The molecule has 0 aliphatic rings. The maximum Gasteiger partial charge on any atom is 0.306 e. The number of allylic oxidation sites excluding steroid dienone is 8. The van der Waals surface area contributed by atoms with Gasteiger partial charge in [0, 0.05) is 6.42 Å². The summed E-state index contributed by atoms with van der Waals surface area (Å²) in [5, 5.41) is 23.6. The van der Waals surface area contributed by atoms with Gasteiger partial charge in [-0.15, -0.1) is 0 Å². The maximum absolute atomic E-state index is 13.1. The molecule has 0 aliphatic carbocycles. The molecule has 3 unspecified atom stereocenters. The van der Waals surface area contributed by atoms with Crippen molar-refractivity contribution in [2.45, 2.75) is 257 Å². The minimum Gasteiger partial charge on any atom is -0.462 e. The van der Waals surface area contributed by atoms with Crippen LogP contribution in [0.1, 0.15) is 239 Å². The molecule has 0 fully saturated rings. The third-order valence-corrected chi connectivity index (χ3v) is 10.9. The molecule has 0 bridgehead atoms. The van der Waals surface area contributed by atoms with Crippen LogP contribution in [-0.2, 0) is 14.3 Å². The van der Waals surface area contributed by atoms with Crippen molar-refractivity contribution in [3.63, 3.8) is 0 Å². The van der Waals surface area contributed by atoms with Crippen LogP contribution >= 0.6 is 0 Å². The molecular formula is C51H93NO5. The van der Waals surface area contributed by atoms with E-state index in [4.69, 9.17) is 4.74 Å². The summed E-state index contributed by atoms with van der Waals surface area (Å²) in [7, 11) is 0. The number of hydrogen-bond acceptors (Lipinski definition) is 5. The average molecular weight is 800 g/mol. The number of carbonyl (C=O) groups excluding carboxylic acids is 2. The predicted octanol–water partition coefficient (Wildman–Crippen LogP) is 14.3. The van der Waals surface area contributed by atoms with Gasteiger partial charge in [-0.25, -0.2) is 0 Å². The van der Waals surface area contributed by atoms with E-state index in [0.29, 0.717) is 19.3 Å². The second-order valence-electron chi connectivity index (χ2n) is 16.5. The lowest BCUT2D eigenvalue weighted by Gasteiger charge is -2.24. The van der Waals surface area contributed by atoms with Crippen LogP contribution in [0.3, 0.4) is 0 Å². The molecule has 0 aliphatic heterocycles. The molecule has 0 saturated carbocycles. The molecule has 332 valence electrons. The van der Waals surface area contributed by atoms with Crippen LogP contribution in [0.4, 0.5) is 0 Å². The first kappa shape index (κ1) is 54.8. The zero-order chi connectivity index (χ0) is 41.7. The molecule has 0 aromatic rings. The minimum atomic E-state index is -0.789. The second kappa shape index (κ2) is 44.9. The van der Waals surface area contributed by atoms with Gasteiger partial charge in [0.2, 0.25) is 5.91 Å². The summed E-state index contributed by atoms with van der Waals surface area (Å²) in [6.07, 6.45) is 53.2.